The number of rotatable bonds is 5. The second-order valence-corrected chi connectivity index (χ2v) is 7.06. The minimum Gasteiger partial charge on any atom is -0.481 e. The second-order valence-electron chi connectivity index (χ2n) is 7.06. The average molecular weight is 281 g/mol. The number of carboxylic acids is 1. The fourth-order valence-corrected chi connectivity index (χ4v) is 4.52. The molecule has 2 aliphatic rings. The van der Waals surface area contributed by atoms with Crippen LogP contribution in [0.1, 0.15) is 77.6 Å². The summed E-state index contributed by atoms with van der Waals surface area (Å²) < 4.78 is 0. The maximum atomic E-state index is 11.4. The first-order valence-electron chi connectivity index (χ1n) is 8.52. The van der Waals surface area contributed by atoms with E-state index in [0.29, 0.717) is 12.5 Å². The van der Waals surface area contributed by atoms with Gasteiger partial charge in [0.1, 0.15) is 0 Å². The maximum Gasteiger partial charge on any atom is 0.305 e. The largest absolute Gasteiger partial charge is 0.481 e. The monoisotopic (exact) mass is 281 g/mol. The van der Waals surface area contributed by atoms with Crippen molar-refractivity contribution in [1.82, 2.24) is 4.90 Å². The molecule has 2 fully saturated rings. The van der Waals surface area contributed by atoms with Crippen LogP contribution < -0.4 is 0 Å². The van der Waals surface area contributed by atoms with Gasteiger partial charge in [0.2, 0.25) is 0 Å². The van der Waals surface area contributed by atoms with Crippen molar-refractivity contribution in [2.75, 3.05) is 7.05 Å². The van der Waals surface area contributed by atoms with Gasteiger partial charge in [0.05, 0.1) is 6.42 Å². The molecule has 0 aliphatic heterocycles. The first-order chi connectivity index (χ1) is 9.57. The molecule has 0 spiro atoms. The fraction of sp³-hybridized carbons (Fsp3) is 0.941. The number of carbonyl (C=O) groups is 1. The lowest BCUT2D eigenvalue weighted by atomic mass is 9.75. The molecule has 0 saturated heterocycles. The van der Waals surface area contributed by atoms with Crippen LogP contribution in [0.25, 0.3) is 0 Å². The average Bonchev–Trinajstić information content (AvgIpc) is 2.46. The summed E-state index contributed by atoms with van der Waals surface area (Å²) in [4.78, 5) is 13.8. The van der Waals surface area contributed by atoms with Crippen molar-refractivity contribution < 1.29 is 9.90 Å². The first-order valence-corrected chi connectivity index (χ1v) is 8.52. The Balaban J connectivity index is 2.08. The highest BCUT2D eigenvalue weighted by Gasteiger charge is 2.41. The quantitative estimate of drug-likeness (QED) is 0.826. The molecule has 0 heterocycles. The molecular weight excluding hydrogens is 250 g/mol. The Kier molecular flexibility index (Phi) is 5.48. The Morgan fingerprint density at radius 1 is 1.20 bits per heavy atom. The molecule has 2 aliphatic carbocycles. The third-order valence-electron chi connectivity index (χ3n) is 5.89. The van der Waals surface area contributed by atoms with E-state index in [4.69, 9.17) is 0 Å². The van der Waals surface area contributed by atoms with E-state index in [1.165, 1.54) is 51.4 Å². The number of nitrogens with zero attached hydrogens (tertiary/aromatic N) is 1. The smallest absolute Gasteiger partial charge is 0.305 e. The predicted octanol–water partition coefficient (Wildman–Crippen LogP) is 4.06. The molecule has 0 amide bonds. The molecule has 0 aromatic rings. The Hall–Kier alpha value is -0.570. The molecule has 2 rings (SSSR count). The second kappa shape index (κ2) is 6.93. The molecule has 0 aromatic heterocycles. The van der Waals surface area contributed by atoms with Crippen molar-refractivity contribution in [3.63, 3.8) is 0 Å². The van der Waals surface area contributed by atoms with Crippen molar-refractivity contribution in [1.29, 1.82) is 0 Å². The van der Waals surface area contributed by atoms with Crippen LogP contribution in [0.15, 0.2) is 0 Å². The summed E-state index contributed by atoms with van der Waals surface area (Å²) in [6.07, 6.45) is 12.6. The van der Waals surface area contributed by atoms with E-state index < -0.39 is 5.97 Å². The van der Waals surface area contributed by atoms with Crippen LogP contribution in [0.5, 0.6) is 0 Å². The minimum atomic E-state index is -0.624. The third kappa shape index (κ3) is 3.55. The Morgan fingerprint density at radius 3 is 2.50 bits per heavy atom. The molecule has 2 unspecified atom stereocenters. The van der Waals surface area contributed by atoms with E-state index in [9.17, 15) is 9.90 Å². The summed E-state index contributed by atoms with van der Waals surface area (Å²) >= 11 is 0. The number of hydrogen-bond acceptors (Lipinski definition) is 2. The summed E-state index contributed by atoms with van der Waals surface area (Å²) in [5.41, 5.74) is -0.0651. The van der Waals surface area contributed by atoms with E-state index in [1.807, 2.05) is 0 Å². The van der Waals surface area contributed by atoms with E-state index in [-0.39, 0.29) is 5.54 Å². The van der Waals surface area contributed by atoms with Crippen LogP contribution >= 0.6 is 0 Å². The van der Waals surface area contributed by atoms with Crippen LogP contribution in [0.3, 0.4) is 0 Å². The van der Waals surface area contributed by atoms with E-state index >= 15 is 0 Å². The van der Waals surface area contributed by atoms with Gasteiger partial charge in [0, 0.05) is 11.6 Å². The van der Waals surface area contributed by atoms with Crippen molar-refractivity contribution in [3.8, 4) is 0 Å². The Morgan fingerprint density at radius 2 is 1.90 bits per heavy atom. The molecule has 20 heavy (non-hydrogen) atoms. The Labute approximate surface area is 123 Å². The maximum absolute atomic E-state index is 11.4. The van der Waals surface area contributed by atoms with Crippen molar-refractivity contribution in [2.24, 2.45) is 5.92 Å². The van der Waals surface area contributed by atoms with Crippen molar-refractivity contribution >= 4 is 5.97 Å². The van der Waals surface area contributed by atoms with E-state index in [2.05, 4.69) is 18.9 Å². The number of carboxylic acid groups (broad SMARTS) is 1. The summed E-state index contributed by atoms with van der Waals surface area (Å²) in [6, 6.07) is 0.603. The van der Waals surface area contributed by atoms with E-state index in [1.54, 1.807) is 0 Å². The first kappa shape index (κ1) is 15.8. The third-order valence-corrected chi connectivity index (χ3v) is 5.89. The molecule has 3 nitrogen and oxygen atoms in total. The summed E-state index contributed by atoms with van der Waals surface area (Å²) in [5.74, 6) is 0.225. The lowest BCUT2D eigenvalue weighted by molar-refractivity contribution is -0.142. The summed E-state index contributed by atoms with van der Waals surface area (Å²) in [6.45, 7) is 2.29. The minimum absolute atomic E-state index is 0.0651. The zero-order valence-electron chi connectivity index (χ0n) is 13.2. The lowest BCUT2D eigenvalue weighted by Crippen LogP contribution is -2.54. The normalized spacial score (nSPS) is 30.4. The summed E-state index contributed by atoms with van der Waals surface area (Å²) in [7, 11) is 2.21. The van der Waals surface area contributed by atoms with Gasteiger partial charge in [-0.15, -0.1) is 0 Å². The SMILES string of the molecule is CCC1CCCC(N(C)C2(CC(=O)O)CCCCC2)C1. The molecule has 1 N–H and O–H groups in total. The van der Waals surface area contributed by atoms with Gasteiger partial charge < -0.3 is 5.11 Å². The van der Waals surface area contributed by atoms with Crippen LogP contribution in [-0.4, -0.2) is 34.6 Å². The molecule has 3 heteroatoms. The van der Waals surface area contributed by atoms with Gasteiger partial charge >= 0.3 is 5.97 Å². The lowest BCUT2D eigenvalue weighted by Gasteiger charge is -2.49. The van der Waals surface area contributed by atoms with Gasteiger partial charge in [-0.3, -0.25) is 9.69 Å². The number of hydrogen-bond donors (Lipinski definition) is 1. The van der Waals surface area contributed by atoms with Crippen LogP contribution in [0.2, 0.25) is 0 Å². The van der Waals surface area contributed by atoms with Crippen LogP contribution in [-0.2, 0) is 4.79 Å². The topological polar surface area (TPSA) is 40.5 Å². The van der Waals surface area contributed by atoms with Gasteiger partial charge in [-0.2, -0.15) is 0 Å². The molecule has 2 atom stereocenters. The zero-order valence-corrected chi connectivity index (χ0v) is 13.2. The molecule has 0 radical (unpaired) electrons. The fourth-order valence-electron chi connectivity index (χ4n) is 4.52. The van der Waals surface area contributed by atoms with Gasteiger partial charge in [-0.1, -0.05) is 45.4 Å². The van der Waals surface area contributed by atoms with Crippen molar-refractivity contribution in [2.45, 2.75) is 89.1 Å². The number of aliphatic carboxylic acids is 1. The molecular formula is C17H31NO2. The molecule has 116 valence electrons. The summed E-state index contributed by atoms with van der Waals surface area (Å²) in [5, 5.41) is 9.35. The highest BCUT2D eigenvalue weighted by atomic mass is 16.4. The highest BCUT2D eigenvalue weighted by Crippen LogP contribution is 2.40. The molecule has 0 bridgehead atoms. The van der Waals surface area contributed by atoms with Crippen LogP contribution in [0, 0.1) is 5.92 Å². The standard InChI is InChI=1S/C17H31NO2/c1-3-14-8-7-9-15(12-14)18(2)17(13-16(19)20)10-5-4-6-11-17/h14-15H,3-13H2,1-2H3,(H,19,20). The van der Waals surface area contributed by atoms with Gasteiger partial charge in [0.15, 0.2) is 0 Å². The predicted molar refractivity (Wildman–Crippen MR) is 81.9 cm³/mol. The van der Waals surface area contributed by atoms with Gasteiger partial charge in [-0.05, 0) is 38.6 Å². The molecule has 0 aromatic carbocycles. The highest BCUT2D eigenvalue weighted by molar-refractivity contribution is 5.68. The van der Waals surface area contributed by atoms with Crippen molar-refractivity contribution in [3.05, 3.63) is 0 Å². The van der Waals surface area contributed by atoms with E-state index in [0.717, 1.165) is 18.8 Å². The van der Waals surface area contributed by atoms with Gasteiger partial charge in [0.25, 0.3) is 0 Å². The Bertz CT molecular complexity index is 323. The molecule has 2 saturated carbocycles. The zero-order chi connectivity index (χ0) is 14.6. The van der Waals surface area contributed by atoms with Gasteiger partial charge in [-0.25, -0.2) is 0 Å². The van der Waals surface area contributed by atoms with Crippen LogP contribution in [0.4, 0.5) is 0 Å².